The zero-order valence-electron chi connectivity index (χ0n) is 10.6. The molecule has 0 aromatic carbocycles. The van der Waals surface area contributed by atoms with Crippen LogP contribution in [0.3, 0.4) is 0 Å². The Kier molecular flexibility index (Phi) is 3.57. The molecule has 0 aliphatic rings. The van der Waals surface area contributed by atoms with Crippen LogP contribution in [0.5, 0.6) is 0 Å². The molecule has 2 heterocycles. The first-order valence-electron chi connectivity index (χ1n) is 6.09. The van der Waals surface area contributed by atoms with Crippen molar-refractivity contribution in [1.29, 1.82) is 0 Å². The van der Waals surface area contributed by atoms with Crippen molar-refractivity contribution in [3.63, 3.8) is 0 Å². The maximum atomic E-state index is 5.49. The van der Waals surface area contributed by atoms with Gasteiger partial charge in [0.05, 0.1) is 6.20 Å². The van der Waals surface area contributed by atoms with Gasteiger partial charge in [0.15, 0.2) is 0 Å². The van der Waals surface area contributed by atoms with Crippen LogP contribution in [0.25, 0.3) is 11.6 Å². The molecule has 0 aliphatic heterocycles. The van der Waals surface area contributed by atoms with Crippen molar-refractivity contribution in [3.8, 4) is 11.6 Å². The Morgan fingerprint density at radius 2 is 2.18 bits per heavy atom. The summed E-state index contributed by atoms with van der Waals surface area (Å²) in [5.74, 6) is 1.97. The van der Waals surface area contributed by atoms with Crippen molar-refractivity contribution in [2.75, 3.05) is 0 Å². The normalized spacial score (nSPS) is 12.6. The number of pyridine rings is 1. The van der Waals surface area contributed by atoms with Gasteiger partial charge in [-0.15, -0.1) is 0 Å². The Hall–Kier alpha value is -1.64. The molecule has 2 rings (SSSR count). The summed E-state index contributed by atoms with van der Waals surface area (Å²) in [7, 11) is 0. The molecule has 0 aliphatic carbocycles. The maximum absolute atomic E-state index is 5.49. The summed E-state index contributed by atoms with van der Waals surface area (Å²) >= 11 is 0. The van der Waals surface area contributed by atoms with Crippen molar-refractivity contribution in [3.05, 3.63) is 35.9 Å². The van der Waals surface area contributed by atoms with Gasteiger partial charge >= 0.3 is 0 Å². The maximum Gasteiger partial charge on any atom is 0.245 e. The first-order valence-corrected chi connectivity index (χ1v) is 6.09. The summed E-state index contributed by atoms with van der Waals surface area (Å²) in [4.78, 5) is 8.51. The van der Waals surface area contributed by atoms with Crippen LogP contribution < -0.4 is 0 Å². The number of nitrogens with zero attached hydrogens (tertiary/aromatic N) is 2. The van der Waals surface area contributed by atoms with E-state index in [2.05, 4.69) is 35.9 Å². The van der Waals surface area contributed by atoms with Crippen molar-refractivity contribution in [2.45, 2.75) is 39.5 Å². The Labute approximate surface area is 102 Å². The molecule has 0 amide bonds. The fourth-order valence-corrected chi connectivity index (χ4v) is 1.94. The second kappa shape index (κ2) is 5.13. The van der Waals surface area contributed by atoms with Gasteiger partial charge in [0.25, 0.3) is 0 Å². The lowest BCUT2D eigenvalue weighted by Crippen LogP contribution is -1.94. The van der Waals surface area contributed by atoms with E-state index in [1.54, 1.807) is 6.20 Å². The van der Waals surface area contributed by atoms with E-state index in [0.717, 1.165) is 11.5 Å². The van der Waals surface area contributed by atoms with Crippen molar-refractivity contribution < 1.29 is 4.42 Å². The third-order valence-electron chi connectivity index (χ3n) is 2.92. The fraction of sp³-hybridized carbons (Fsp3) is 0.429. The van der Waals surface area contributed by atoms with Crippen molar-refractivity contribution in [1.82, 2.24) is 9.97 Å². The van der Waals surface area contributed by atoms with Gasteiger partial charge in [-0.2, -0.15) is 0 Å². The molecule has 0 spiro atoms. The van der Waals surface area contributed by atoms with Crippen molar-refractivity contribution in [2.24, 2.45) is 0 Å². The number of oxazole rings is 1. The largest absolute Gasteiger partial charge is 0.440 e. The molecular weight excluding hydrogens is 212 g/mol. The van der Waals surface area contributed by atoms with E-state index in [-0.39, 0.29) is 0 Å². The lowest BCUT2D eigenvalue weighted by atomic mass is 9.97. The minimum absolute atomic E-state index is 0.554. The smallest absolute Gasteiger partial charge is 0.245 e. The van der Waals surface area contributed by atoms with E-state index in [9.17, 15) is 0 Å². The van der Waals surface area contributed by atoms with Gasteiger partial charge in [-0.05, 0) is 37.0 Å². The van der Waals surface area contributed by atoms with Crippen LogP contribution in [0.4, 0.5) is 0 Å². The molecule has 2 aromatic rings. The van der Waals surface area contributed by atoms with Crippen LogP contribution in [0.15, 0.2) is 28.9 Å². The minimum atomic E-state index is 0.554. The summed E-state index contributed by atoms with van der Waals surface area (Å²) in [6.07, 6.45) is 5.93. The molecule has 0 saturated carbocycles. The zero-order chi connectivity index (χ0) is 12.3. The topological polar surface area (TPSA) is 38.9 Å². The van der Waals surface area contributed by atoms with Crippen LogP contribution in [-0.2, 0) is 0 Å². The van der Waals surface area contributed by atoms with Crippen LogP contribution >= 0.6 is 0 Å². The van der Waals surface area contributed by atoms with E-state index < -0.39 is 0 Å². The second-order valence-electron chi connectivity index (χ2n) is 4.44. The average molecular weight is 230 g/mol. The lowest BCUT2D eigenvalue weighted by Gasteiger charge is -2.10. The van der Waals surface area contributed by atoms with E-state index in [0.29, 0.717) is 11.8 Å². The number of aryl methyl sites for hydroxylation is 1. The van der Waals surface area contributed by atoms with Gasteiger partial charge in [0.1, 0.15) is 11.5 Å². The SMILES string of the molecule is CCCC(C)c1ccnc(-c2ncc(C)o2)c1. The monoisotopic (exact) mass is 230 g/mol. The molecule has 3 nitrogen and oxygen atoms in total. The first kappa shape index (κ1) is 11.8. The van der Waals surface area contributed by atoms with Crippen LogP contribution in [0.1, 0.15) is 43.9 Å². The summed E-state index contributed by atoms with van der Waals surface area (Å²) in [5, 5.41) is 0. The molecule has 0 saturated heterocycles. The number of hydrogen-bond donors (Lipinski definition) is 0. The van der Waals surface area contributed by atoms with Gasteiger partial charge in [0, 0.05) is 6.20 Å². The summed E-state index contributed by atoms with van der Waals surface area (Å²) in [6.45, 7) is 6.33. The van der Waals surface area contributed by atoms with Crippen LogP contribution in [0.2, 0.25) is 0 Å². The lowest BCUT2D eigenvalue weighted by molar-refractivity contribution is 0.540. The van der Waals surface area contributed by atoms with E-state index in [4.69, 9.17) is 4.42 Å². The van der Waals surface area contributed by atoms with Gasteiger partial charge in [-0.25, -0.2) is 4.98 Å². The minimum Gasteiger partial charge on any atom is -0.440 e. The van der Waals surface area contributed by atoms with Gasteiger partial charge in [0.2, 0.25) is 5.89 Å². The Balaban J connectivity index is 2.28. The Morgan fingerprint density at radius 3 is 2.82 bits per heavy atom. The molecule has 17 heavy (non-hydrogen) atoms. The predicted octanol–water partition coefficient (Wildman–Crippen LogP) is 3.95. The average Bonchev–Trinajstić information content (AvgIpc) is 2.76. The van der Waals surface area contributed by atoms with E-state index in [1.165, 1.54) is 18.4 Å². The molecule has 3 heteroatoms. The molecule has 0 radical (unpaired) electrons. The van der Waals surface area contributed by atoms with Gasteiger partial charge in [-0.1, -0.05) is 20.3 Å². The highest BCUT2D eigenvalue weighted by molar-refractivity contribution is 5.48. The van der Waals surface area contributed by atoms with Crippen molar-refractivity contribution >= 4 is 0 Å². The number of hydrogen-bond acceptors (Lipinski definition) is 3. The van der Waals surface area contributed by atoms with E-state index >= 15 is 0 Å². The molecule has 0 N–H and O–H groups in total. The van der Waals surface area contributed by atoms with E-state index in [1.807, 2.05) is 13.1 Å². The zero-order valence-corrected chi connectivity index (χ0v) is 10.6. The summed E-state index contributed by atoms with van der Waals surface area (Å²) < 4.78 is 5.49. The molecule has 2 aromatic heterocycles. The summed E-state index contributed by atoms with van der Waals surface area (Å²) in [6, 6.07) is 4.14. The van der Waals surface area contributed by atoms with Gasteiger partial charge < -0.3 is 4.42 Å². The highest BCUT2D eigenvalue weighted by atomic mass is 16.4. The third kappa shape index (κ3) is 2.73. The van der Waals surface area contributed by atoms with Crippen LogP contribution in [-0.4, -0.2) is 9.97 Å². The van der Waals surface area contributed by atoms with Gasteiger partial charge in [-0.3, -0.25) is 4.98 Å². The molecule has 0 fully saturated rings. The molecule has 1 unspecified atom stereocenters. The second-order valence-corrected chi connectivity index (χ2v) is 4.44. The van der Waals surface area contributed by atoms with Crippen LogP contribution in [0, 0.1) is 6.92 Å². The fourth-order valence-electron chi connectivity index (χ4n) is 1.94. The quantitative estimate of drug-likeness (QED) is 0.798. The highest BCUT2D eigenvalue weighted by Gasteiger charge is 2.10. The predicted molar refractivity (Wildman–Crippen MR) is 67.8 cm³/mol. The third-order valence-corrected chi connectivity index (χ3v) is 2.92. The molecule has 90 valence electrons. The Morgan fingerprint density at radius 1 is 1.35 bits per heavy atom. The number of aromatic nitrogens is 2. The molecule has 0 bridgehead atoms. The standard InChI is InChI=1S/C14H18N2O/c1-4-5-10(2)12-6-7-15-13(8-12)14-16-9-11(3)17-14/h6-10H,4-5H2,1-3H3. The Bertz CT molecular complexity index is 490. The molecule has 1 atom stereocenters. The number of rotatable bonds is 4. The molecular formula is C14H18N2O. The highest BCUT2D eigenvalue weighted by Crippen LogP contribution is 2.24. The first-order chi connectivity index (χ1) is 8.20. The summed E-state index contributed by atoms with van der Waals surface area (Å²) in [5.41, 5.74) is 2.12.